The molecule has 146 valence electrons. The number of hydrogen-bond acceptors (Lipinski definition) is 4. The maximum absolute atomic E-state index is 12.4. The first kappa shape index (κ1) is 19.1. The van der Waals surface area contributed by atoms with Gasteiger partial charge in [0.05, 0.1) is 0 Å². The summed E-state index contributed by atoms with van der Waals surface area (Å²) in [5.41, 5.74) is 1.28. The first-order valence-corrected chi connectivity index (χ1v) is 10.6. The van der Waals surface area contributed by atoms with E-state index >= 15 is 0 Å². The maximum Gasteiger partial charge on any atom is 0.281 e. The van der Waals surface area contributed by atoms with Crippen molar-refractivity contribution in [3.05, 3.63) is 59.1 Å². The second-order valence-corrected chi connectivity index (χ2v) is 8.70. The summed E-state index contributed by atoms with van der Waals surface area (Å²) in [6.07, 6.45) is 3.07. The Morgan fingerprint density at radius 1 is 1.18 bits per heavy atom. The van der Waals surface area contributed by atoms with Crippen molar-refractivity contribution in [1.29, 1.82) is 0 Å². The van der Waals surface area contributed by atoms with Gasteiger partial charge in [-0.3, -0.25) is 10.1 Å². The molecule has 0 aliphatic carbocycles. The summed E-state index contributed by atoms with van der Waals surface area (Å²) in [5.74, 6) is 0.0161. The Balaban J connectivity index is 1.38. The molecule has 6 heteroatoms. The molecule has 0 unspecified atom stereocenters. The minimum absolute atomic E-state index is 0.0161. The first-order chi connectivity index (χ1) is 13.6. The Morgan fingerprint density at radius 2 is 1.93 bits per heavy atom. The van der Waals surface area contributed by atoms with E-state index in [2.05, 4.69) is 66.6 Å². The van der Waals surface area contributed by atoms with E-state index in [1.807, 2.05) is 6.20 Å². The Bertz CT molecular complexity index is 956. The van der Waals surface area contributed by atoms with E-state index in [4.69, 9.17) is 4.74 Å². The lowest BCUT2D eigenvalue weighted by Gasteiger charge is -2.31. The van der Waals surface area contributed by atoms with E-state index < -0.39 is 0 Å². The van der Waals surface area contributed by atoms with Gasteiger partial charge in [-0.15, -0.1) is 11.3 Å². The van der Waals surface area contributed by atoms with E-state index in [1.54, 1.807) is 11.3 Å². The fourth-order valence-corrected chi connectivity index (χ4v) is 4.86. The minimum Gasteiger partial charge on any atom is -0.364 e. The molecule has 0 saturated carbocycles. The number of rotatable bonds is 5. The molecule has 1 amide bonds. The Kier molecular flexibility index (Phi) is 5.71. The van der Waals surface area contributed by atoms with Gasteiger partial charge in [-0.05, 0) is 30.2 Å². The van der Waals surface area contributed by atoms with Crippen LogP contribution in [0.2, 0.25) is 0 Å². The van der Waals surface area contributed by atoms with Crippen LogP contribution in [0.3, 0.4) is 0 Å². The molecule has 0 bridgehead atoms. The minimum atomic E-state index is 0.0161. The van der Waals surface area contributed by atoms with Crippen LogP contribution in [0.4, 0.5) is 5.13 Å². The molecular formula is C22H26N3O2S+. The third kappa shape index (κ3) is 4.58. The molecule has 1 aliphatic rings. The predicted octanol–water partition coefficient (Wildman–Crippen LogP) is 2.52. The monoisotopic (exact) mass is 396 g/mol. The van der Waals surface area contributed by atoms with Crippen molar-refractivity contribution in [2.45, 2.75) is 32.5 Å². The number of fused-ring (bicyclic) bond motifs is 1. The van der Waals surface area contributed by atoms with Crippen LogP contribution in [0.25, 0.3) is 10.8 Å². The third-order valence-corrected chi connectivity index (χ3v) is 5.98. The lowest BCUT2D eigenvalue weighted by Crippen LogP contribution is -3.16. The van der Waals surface area contributed by atoms with E-state index in [0.29, 0.717) is 11.7 Å². The van der Waals surface area contributed by atoms with Gasteiger partial charge < -0.3 is 9.64 Å². The third-order valence-electron chi connectivity index (χ3n) is 5.07. The quantitative estimate of drug-likeness (QED) is 0.697. The Hall–Kier alpha value is -2.28. The lowest BCUT2D eigenvalue weighted by molar-refractivity contribution is -0.907. The zero-order chi connectivity index (χ0) is 19.5. The molecule has 1 aliphatic heterocycles. The first-order valence-electron chi connectivity index (χ1n) is 9.77. The van der Waals surface area contributed by atoms with Crippen LogP contribution in [-0.4, -0.2) is 42.7 Å². The van der Waals surface area contributed by atoms with Crippen LogP contribution in [-0.2, 0) is 16.0 Å². The van der Waals surface area contributed by atoms with E-state index in [-0.39, 0.29) is 18.1 Å². The van der Waals surface area contributed by atoms with Crippen LogP contribution in [0, 0.1) is 0 Å². The number of morpholine rings is 1. The van der Waals surface area contributed by atoms with Gasteiger partial charge >= 0.3 is 0 Å². The molecule has 2 atom stereocenters. The van der Waals surface area contributed by atoms with Crippen LogP contribution >= 0.6 is 11.3 Å². The number of carbonyl (C=O) groups is 1. The molecule has 28 heavy (non-hydrogen) atoms. The summed E-state index contributed by atoms with van der Waals surface area (Å²) in [5, 5.41) is 6.16. The smallest absolute Gasteiger partial charge is 0.281 e. The van der Waals surface area contributed by atoms with Gasteiger partial charge in [0.25, 0.3) is 5.91 Å². The van der Waals surface area contributed by atoms with Gasteiger partial charge in [0, 0.05) is 17.5 Å². The highest BCUT2D eigenvalue weighted by atomic mass is 32.1. The van der Waals surface area contributed by atoms with E-state index in [1.165, 1.54) is 21.2 Å². The summed E-state index contributed by atoms with van der Waals surface area (Å²) < 4.78 is 5.74. The number of nitrogens with zero attached hydrogens (tertiary/aromatic N) is 1. The number of carbonyl (C=O) groups excluding carboxylic acids is 1. The number of nitrogens with one attached hydrogen (secondary N) is 2. The van der Waals surface area contributed by atoms with Crippen molar-refractivity contribution < 1.29 is 14.4 Å². The number of hydrogen-bond donors (Lipinski definition) is 2. The molecule has 5 nitrogen and oxygen atoms in total. The fourth-order valence-electron chi connectivity index (χ4n) is 4.01. The number of aromatic nitrogens is 1. The topological polar surface area (TPSA) is 55.7 Å². The molecule has 3 aromatic rings. The zero-order valence-electron chi connectivity index (χ0n) is 16.3. The van der Waals surface area contributed by atoms with E-state index in [9.17, 15) is 4.79 Å². The van der Waals surface area contributed by atoms with Gasteiger partial charge in [0.15, 0.2) is 11.7 Å². The molecule has 0 spiro atoms. The molecule has 1 fully saturated rings. The summed E-state index contributed by atoms with van der Waals surface area (Å²) in [4.78, 5) is 19.2. The average molecular weight is 397 g/mol. The van der Waals surface area contributed by atoms with Gasteiger partial charge in [-0.25, -0.2) is 4.98 Å². The standard InChI is InChI=1S/C22H25N3O2S/c1-15-12-25(13-16(2)27-15)14-21(26)24-22-23-11-19(28-22)10-18-8-5-7-17-6-3-4-9-20(17)18/h3-9,11,15-16H,10,12-14H2,1-2H3,(H,23,24,26)/p+1/t15-,16-/m0/s1. The number of anilines is 1. The van der Waals surface area contributed by atoms with Crippen molar-refractivity contribution in [3.63, 3.8) is 0 Å². The number of benzene rings is 2. The average Bonchev–Trinajstić information content (AvgIpc) is 3.08. The number of thiazole rings is 1. The fraction of sp³-hybridized carbons (Fsp3) is 0.364. The maximum atomic E-state index is 12.4. The number of ether oxygens (including phenoxy) is 1. The molecular weight excluding hydrogens is 370 g/mol. The SMILES string of the molecule is C[C@H]1C[NH+](CC(=O)Nc2ncc(Cc3cccc4ccccc34)s2)C[C@H](C)O1. The van der Waals surface area contributed by atoms with Crippen molar-refractivity contribution in [3.8, 4) is 0 Å². The summed E-state index contributed by atoms with van der Waals surface area (Å²) in [7, 11) is 0. The summed E-state index contributed by atoms with van der Waals surface area (Å²) in [6.45, 7) is 6.31. The lowest BCUT2D eigenvalue weighted by atomic mass is 10.0. The molecule has 1 saturated heterocycles. The largest absolute Gasteiger partial charge is 0.364 e. The summed E-state index contributed by atoms with van der Waals surface area (Å²) in [6, 6.07) is 14.8. The number of quaternary nitrogens is 1. The Labute approximate surface area is 169 Å². The van der Waals surface area contributed by atoms with Crippen molar-refractivity contribution in [1.82, 2.24) is 4.98 Å². The highest BCUT2D eigenvalue weighted by molar-refractivity contribution is 7.15. The van der Waals surface area contributed by atoms with Crippen LogP contribution < -0.4 is 10.2 Å². The Morgan fingerprint density at radius 3 is 2.75 bits per heavy atom. The molecule has 2 N–H and O–H groups in total. The highest BCUT2D eigenvalue weighted by Gasteiger charge is 2.27. The summed E-state index contributed by atoms with van der Waals surface area (Å²) >= 11 is 1.55. The highest BCUT2D eigenvalue weighted by Crippen LogP contribution is 2.25. The van der Waals surface area contributed by atoms with Crippen molar-refractivity contribution in [2.75, 3.05) is 25.0 Å². The van der Waals surface area contributed by atoms with Crippen LogP contribution in [0.5, 0.6) is 0 Å². The van der Waals surface area contributed by atoms with E-state index in [0.717, 1.165) is 24.4 Å². The normalized spacial score (nSPS) is 22.3. The molecule has 2 aromatic carbocycles. The van der Waals surface area contributed by atoms with Crippen molar-refractivity contribution in [2.24, 2.45) is 0 Å². The van der Waals surface area contributed by atoms with Crippen molar-refractivity contribution >= 4 is 33.1 Å². The zero-order valence-corrected chi connectivity index (χ0v) is 17.1. The second kappa shape index (κ2) is 8.39. The van der Waals surface area contributed by atoms with Crippen LogP contribution in [0.1, 0.15) is 24.3 Å². The molecule has 0 radical (unpaired) electrons. The molecule has 2 heterocycles. The second-order valence-electron chi connectivity index (χ2n) is 7.59. The molecule has 1 aromatic heterocycles. The van der Waals surface area contributed by atoms with Gasteiger partial charge in [-0.2, -0.15) is 0 Å². The van der Waals surface area contributed by atoms with Gasteiger partial charge in [-0.1, -0.05) is 42.5 Å². The van der Waals surface area contributed by atoms with Gasteiger partial charge in [0.1, 0.15) is 25.3 Å². The number of amides is 1. The van der Waals surface area contributed by atoms with Gasteiger partial charge in [0.2, 0.25) is 0 Å². The molecule has 4 rings (SSSR count). The predicted molar refractivity (Wildman–Crippen MR) is 113 cm³/mol. The van der Waals surface area contributed by atoms with Crippen LogP contribution in [0.15, 0.2) is 48.7 Å².